The molecule has 0 atom stereocenters. The highest BCUT2D eigenvalue weighted by Gasteiger charge is 2.21. The maximum atomic E-state index is 13.0. The van der Waals surface area contributed by atoms with Gasteiger partial charge in [0.05, 0.1) is 23.7 Å². The van der Waals surface area contributed by atoms with E-state index in [9.17, 15) is 4.79 Å². The van der Waals surface area contributed by atoms with Crippen LogP contribution in [0.25, 0.3) is 16.9 Å². The molecule has 0 aliphatic carbocycles. The molecule has 3 rings (SSSR count). The molecular weight excluding hydrogens is 336 g/mol. The number of nitrogens with zero attached hydrogens (tertiary/aromatic N) is 4. The fourth-order valence-corrected chi connectivity index (χ4v) is 2.87. The van der Waals surface area contributed by atoms with Crippen LogP contribution < -0.4 is 0 Å². The van der Waals surface area contributed by atoms with Crippen molar-refractivity contribution in [2.45, 2.75) is 20.3 Å². The van der Waals surface area contributed by atoms with Crippen LogP contribution in [0.3, 0.4) is 0 Å². The zero-order valence-electron chi connectivity index (χ0n) is 15.8. The van der Waals surface area contributed by atoms with Crippen LogP contribution >= 0.6 is 0 Å². The third-order valence-corrected chi connectivity index (χ3v) is 4.65. The highest BCUT2D eigenvalue weighted by atomic mass is 16.2. The average molecular weight is 358 g/mol. The highest BCUT2D eigenvalue weighted by molar-refractivity contribution is 5.99. The first-order valence-corrected chi connectivity index (χ1v) is 8.86. The summed E-state index contributed by atoms with van der Waals surface area (Å²) in [5, 5.41) is 13.5. The van der Waals surface area contributed by atoms with E-state index in [2.05, 4.69) is 19.1 Å². The summed E-state index contributed by atoms with van der Waals surface area (Å²) >= 11 is 0. The van der Waals surface area contributed by atoms with Gasteiger partial charge in [-0.25, -0.2) is 4.68 Å². The fourth-order valence-electron chi connectivity index (χ4n) is 2.87. The van der Waals surface area contributed by atoms with E-state index in [1.54, 1.807) is 22.8 Å². The van der Waals surface area contributed by atoms with Crippen molar-refractivity contribution in [1.82, 2.24) is 14.7 Å². The van der Waals surface area contributed by atoms with Gasteiger partial charge in [-0.15, -0.1) is 0 Å². The van der Waals surface area contributed by atoms with Crippen molar-refractivity contribution in [1.29, 1.82) is 5.26 Å². The monoisotopic (exact) mass is 358 g/mol. The predicted molar refractivity (Wildman–Crippen MR) is 106 cm³/mol. The number of benzene rings is 2. The Labute approximate surface area is 159 Å². The predicted octanol–water partition coefficient (Wildman–Crippen LogP) is 4.14. The Kier molecular flexibility index (Phi) is 5.37. The Balaban J connectivity index is 2.09. The van der Waals surface area contributed by atoms with Crippen molar-refractivity contribution >= 4 is 5.91 Å². The molecule has 5 heteroatoms. The first-order valence-electron chi connectivity index (χ1n) is 8.86. The van der Waals surface area contributed by atoms with E-state index in [1.807, 2.05) is 49.4 Å². The van der Waals surface area contributed by atoms with Crippen LogP contribution in [0.2, 0.25) is 0 Å². The molecule has 0 unspecified atom stereocenters. The standard InChI is InChI=1S/C22H22N4O/c1-16-10-11-18(14-17(16)2)21-20(22(27)25(3)13-7-12-23)15-26(24-21)19-8-5-4-6-9-19/h4-6,8-11,14-15H,7,13H2,1-3H3. The maximum Gasteiger partial charge on any atom is 0.257 e. The number of hydrogen-bond donors (Lipinski definition) is 0. The van der Waals surface area contributed by atoms with Gasteiger partial charge in [-0.1, -0.05) is 30.3 Å². The van der Waals surface area contributed by atoms with Crippen LogP contribution in [0.1, 0.15) is 27.9 Å². The van der Waals surface area contributed by atoms with Crippen LogP contribution in [0.15, 0.2) is 54.7 Å². The minimum absolute atomic E-state index is 0.138. The molecule has 27 heavy (non-hydrogen) atoms. The molecule has 2 aromatic carbocycles. The number of aryl methyl sites for hydroxylation is 2. The quantitative estimate of drug-likeness (QED) is 0.688. The molecule has 3 aromatic rings. The Bertz CT molecular complexity index is 999. The van der Waals surface area contributed by atoms with Crippen LogP contribution in [0.5, 0.6) is 0 Å². The molecule has 0 saturated carbocycles. The van der Waals surface area contributed by atoms with Crippen molar-refractivity contribution in [3.05, 3.63) is 71.4 Å². The fraction of sp³-hybridized carbons (Fsp3) is 0.227. The van der Waals surface area contributed by atoms with Crippen molar-refractivity contribution in [2.75, 3.05) is 13.6 Å². The van der Waals surface area contributed by atoms with Gasteiger partial charge < -0.3 is 4.90 Å². The Morgan fingerprint density at radius 1 is 1.15 bits per heavy atom. The summed E-state index contributed by atoms with van der Waals surface area (Å²) in [7, 11) is 1.71. The zero-order valence-corrected chi connectivity index (χ0v) is 15.8. The third kappa shape index (κ3) is 3.90. The normalized spacial score (nSPS) is 10.4. The largest absolute Gasteiger partial charge is 0.341 e. The first-order chi connectivity index (χ1) is 13.0. The highest BCUT2D eigenvalue weighted by Crippen LogP contribution is 2.26. The second kappa shape index (κ2) is 7.88. The Morgan fingerprint density at radius 3 is 2.56 bits per heavy atom. The summed E-state index contributed by atoms with van der Waals surface area (Å²) in [5.41, 5.74) is 5.32. The molecule has 1 heterocycles. The van der Waals surface area contributed by atoms with Crippen LogP contribution in [-0.4, -0.2) is 34.2 Å². The van der Waals surface area contributed by atoms with E-state index < -0.39 is 0 Å². The van der Waals surface area contributed by atoms with Crippen molar-refractivity contribution in [2.24, 2.45) is 0 Å². The molecule has 0 bridgehead atoms. The molecule has 0 aliphatic rings. The molecule has 136 valence electrons. The summed E-state index contributed by atoms with van der Waals surface area (Å²) in [5.74, 6) is -0.138. The minimum Gasteiger partial charge on any atom is -0.341 e. The number of nitriles is 1. The Hall–Kier alpha value is -3.39. The Morgan fingerprint density at radius 2 is 1.89 bits per heavy atom. The second-order valence-electron chi connectivity index (χ2n) is 6.61. The number of carbonyl (C=O) groups is 1. The number of rotatable bonds is 5. The van der Waals surface area contributed by atoms with E-state index >= 15 is 0 Å². The molecule has 0 saturated heterocycles. The number of hydrogen-bond acceptors (Lipinski definition) is 3. The molecule has 5 nitrogen and oxygen atoms in total. The van der Waals surface area contributed by atoms with Crippen molar-refractivity contribution in [3.63, 3.8) is 0 Å². The molecule has 0 radical (unpaired) electrons. The van der Waals surface area contributed by atoms with Crippen LogP contribution in [-0.2, 0) is 0 Å². The minimum atomic E-state index is -0.138. The molecule has 0 spiro atoms. The van der Waals surface area contributed by atoms with Gasteiger partial charge in [-0.2, -0.15) is 10.4 Å². The number of para-hydroxylation sites is 1. The van der Waals surface area contributed by atoms with Crippen LogP contribution in [0, 0.1) is 25.2 Å². The third-order valence-electron chi connectivity index (χ3n) is 4.65. The van der Waals surface area contributed by atoms with Gasteiger partial charge in [-0.05, 0) is 43.2 Å². The van der Waals surface area contributed by atoms with E-state index in [0.29, 0.717) is 24.2 Å². The lowest BCUT2D eigenvalue weighted by molar-refractivity contribution is 0.0798. The lowest BCUT2D eigenvalue weighted by Gasteiger charge is -2.15. The first kappa shape index (κ1) is 18.4. The SMILES string of the molecule is Cc1ccc(-c2nn(-c3ccccc3)cc2C(=O)N(C)CCC#N)cc1C. The van der Waals surface area contributed by atoms with Gasteiger partial charge in [0.2, 0.25) is 0 Å². The van der Waals surface area contributed by atoms with E-state index in [4.69, 9.17) is 10.4 Å². The van der Waals surface area contributed by atoms with Crippen molar-refractivity contribution < 1.29 is 4.79 Å². The van der Waals surface area contributed by atoms with E-state index in [0.717, 1.165) is 16.8 Å². The maximum absolute atomic E-state index is 13.0. The number of aromatic nitrogens is 2. The van der Waals surface area contributed by atoms with Crippen molar-refractivity contribution in [3.8, 4) is 23.0 Å². The summed E-state index contributed by atoms with van der Waals surface area (Å²) in [4.78, 5) is 14.6. The van der Waals surface area contributed by atoms with Gasteiger partial charge in [0.25, 0.3) is 5.91 Å². The van der Waals surface area contributed by atoms with Gasteiger partial charge in [0.15, 0.2) is 0 Å². The molecule has 0 fully saturated rings. The molecule has 0 aliphatic heterocycles. The second-order valence-corrected chi connectivity index (χ2v) is 6.61. The summed E-state index contributed by atoms with van der Waals surface area (Å²) < 4.78 is 1.73. The number of carbonyl (C=O) groups excluding carboxylic acids is 1. The molecule has 1 amide bonds. The molecular formula is C22H22N4O. The van der Waals surface area contributed by atoms with E-state index in [1.165, 1.54) is 5.56 Å². The smallest absolute Gasteiger partial charge is 0.257 e. The lowest BCUT2D eigenvalue weighted by atomic mass is 10.0. The van der Waals surface area contributed by atoms with Gasteiger partial charge in [0.1, 0.15) is 5.69 Å². The summed E-state index contributed by atoms with van der Waals surface area (Å²) in [6.07, 6.45) is 2.07. The molecule has 0 N–H and O–H groups in total. The average Bonchev–Trinajstić information content (AvgIpc) is 3.13. The molecule has 1 aromatic heterocycles. The topological polar surface area (TPSA) is 61.9 Å². The van der Waals surface area contributed by atoms with Gasteiger partial charge in [-0.3, -0.25) is 4.79 Å². The summed E-state index contributed by atoms with van der Waals surface area (Å²) in [6, 6.07) is 17.9. The zero-order chi connectivity index (χ0) is 19.4. The van der Waals surface area contributed by atoms with E-state index in [-0.39, 0.29) is 5.91 Å². The summed E-state index contributed by atoms with van der Waals surface area (Å²) in [6.45, 7) is 4.50. The van der Waals surface area contributed by atoms with Gasteiger partial charge in [0, 0.05) is 25.4 Å². The number of amides is 1. The lowest BCUT2D eigenvalue weighted by Crippen LogP contribution is -2.27. The van der Waals surface area contributed by atoms with Crippen LogP contribution in [0.4, 0.5) is 0 Å². The van der Waals surface area contributed by atoms with Gasteiger partial charge >= 0.3 is 0 Å².